The van der Waals surface area contributed by atoms with E-state index in [0.29, 0.717) is 28.4 Å². The lowest BCUT2D eigenvalue weighted by molar-refractivity contribution is 0.0858. The van der Waals surface area contributed by atoms with Gasteiger partial charge in [0.2, 0.25) is 0 Å². The number of hydrogen-bond acceptors (Lipinski definition) is 4. The van der Waals surface area contributed by atoms with Crippen molar-refractivity contribution in [3.05, 3.63) is 58.6 Å². The van der Waals surface area contributed by atoms with Crippen LogP contribution in [0.4, 0.5) is 11.4 Å². The third-order valence-corrected chi connectivity index (χ3v) is 5.78. The van der Waals surface area contributed by atoms with Crippen LogP contribution in [0.25, 0.3) is 0 Å². The molecule has 158 valence electrons. The average Bonchev–Trinajstić information content (AvgIpc) is 3.46. The lowest BCUT2D eigenvalue weighted by Gasteiger charge is -2.22. The minimum atomic E-state index is -0.267. The number of nitrogens with zero attached hydrogens (tertiary/aromatic N) is 1. The van der Waals surface area contributed by atoms with Gasteiger partial charge in [-0.1, -0.05) is 17.7 Å². The molecule has 2 aromatic rings. The third-order valence-electron chi connectivity index (χ3n) is 5.55. The minimum Gasteiger partial charge on any atom is -0.376 e. The maximum absolute atomic E-state index is 13.0. The van der Waals surface area contributed by atoms with Gasteiger partial charge in [0.15, 0.2) is 0 Å². The molecular formula is C23H26ClN3O3. The van der Waals surface area contributed by atoms with Gasteiger partial charge in [0.1, 0.15) is 0 Å². The van der Waals surface area contributed by atoms with E-state index in [1.165, 1.54) is 0 Å². The summed E-state index contributed by atoms with van der Waals surface area (Å²) in [5.74, 6) is -0.414. The molecule has 2 aliphatic heterocycles. The molecular weight excluding hydrogens is 402 g/mol. The van der Waals surface area contributed by atoms with E-state index in [1.807, 2.05) is 12.1 Å². The molecule has 0 bridgehead atoms. The summed E-state index contributed by atoms with van der Waals surface area (Å²) >= 11 is 5.99. The Labute approximate surface area is 181 Å². The monoisotopic (exact) mass is 427 g/mol. The second kappa shape index (κ2) is 9.49. The molecule has 4 rings (SSSR count). The maximum atomic E-state index is 13.0. The van der Waals surface area contributed by atoms with Crippen molar-refractivity contribution in [2.45, 2.75) is 31.8 Å². The Morgan fingerprint density at radius 2 is 1.90 bits per heavy atom. The van der Waals surface area contributed by atoms with Crippen molar-refractivity contribution in [2.24, 2.45) is 0 Å². The molecule has 1 unspecified atom stereocenters. The van der Waals surface area contributed by atoms with E-state index in [0.717, 1.165) is 51.1 Å². The van der Waals surface area contributed by atoms with Crippen LogP contribution in [-0.4, -0.2) is 44.2 Å². The van der Waals surface area contributed by atoms with Crippen LogP contribution in [0.3, 0.4) is 0 Å². The predicted octanol–water partition coefficient (Wildman–Crippen LogP) is 4.10. The van der Waals surface area contributed by atoms with Gasteiger partial charge in [-0.05, 0) is 62.1 Å². The summed E-state index contributed by atoms with van der Waals surface area (Å²) in [6.07, 6.45) is 4.31. The second-order valence-corrected chi connectivity index (χ2v) is 8.17. The fourth-order valence-electron chi connectivity index (χ4n) is 3.97. The number of amides is 2. The highest BCUT2D eigenvalue weighted by Gasteiger charge is 2.22. The Hall–Kier alpha value is -2.57. The summed E-state index contributed by atoms with van der Waals surface area (Å²) in [5.41, 5.74) is 2.51. The van der Waals surface area contributed by atoms with Crippen molar-refractivity contribution in [2.75, 3.05) is 36.5 Å². The number of benzene rings is 2. The average molecular weight is 428 g/mol. The van der Waals surface area contributed by atoms with Gasteiger partial charge in [-0.25, -0.2) is 0 Å². The van der Waals surface area contributed by atoms with Crippen LogP contribution in [0.2, 0.25) is 5.02 Å². The van der Waals surface area contributed by atoms with Crippen molar-refractivity contribution >= 4 is 34.8 Å². The van der Waals surface area contributed by atoms with Gasteiger partial charge in [0, 0.05) is 48.2 Å². The summed E-state index contributed by atoms with van der Waals surface area (Å²) < 4.78 is 5.61. The minimum absolute atomic E-state index is 0.0786. The quantitative estimate of drug-likeness (QED) is 0.728. The number of ether oxygens (including phenoxy) is 1. The molecule has 2 amide bonds. The Balaban J connectivity index is 1.53. The largest absolute Gasteiger partial charge is 0.376 e. The number of halogens is 1. The summed E-state index contributed by atoms with van der Waals surface area (Å²) in [5, 5.41) is 6.38. The van der Waals surface area contributed by atoms with Crippen molar-refractivity contribution < 1.29 is 14.3 Å². The topological polar surface area (TPSA) is 70.7 Å². The molecule has 7 heteroatoms. The number of carbonyl (C=O) groups is 2. The normalized spacial score (nSPS) is 18.4. The zero-order chi connectivity index (χ0) is 20.9. The van der Waals surface area contributed by atoms with Crippen LogP contribution in [0.5, 0.6) is 0 Å². The van der Waals surface area contributed by atoms with Crippen LogP contribution in [0.15, 0.2) is 42.5 Å². The molecule has 2 N–H and O–H groups in total. The van der Waals surface area contributed by atoms with Gasteiger partial charge in [-0.2, -0.15) is 0 Å². The van der Waals surface area contributed by atoms with Crippen LogP contribution in [0.1, 0.15) is 46.4 Å². The van der Waals surface area contributed by atoms with E-state index in [2.05, 4.69) is 15.5 Å². The lowest BCUT2D eigenvalue weighted by atomic mass is 10.1. The van der Waals surface area contributed by atoms with Gasteiger partial charge in [0.05, 0.1) is 11.7 Å². The van der Waals surface area contributed by atoms with Crippen LogP contribution in [-0.2, 0) is 4.74 Å². The van der Waals surface area contributed by atoms with Gasteiger partial charge >= 0.3 is 0 Å². The van der Waals surface area contributed by atoms with Gasteiger partial charge < -0.3 is 20.3 Å². The molecule has 2 aromatic carbocycles. The van der Waals surface area contributed by atoms with Crippen LogP contribution in [0, 0.1) is 0 Å². The lowest BCUT2D eigenvalue weighted by Crippen LogP contribution is -2.33. The van der Waals surface area contributed by atoms with E-state index in [9.17, 15) is 9.59 Å². The molecule has 0 aliphatic carbocycles. The van der Waals surface area contributed by atoms with Gasteiger partial charge in [0.25, 0.3) is 11.8 Å². The van der Waals surface area contributed by atoms with Crippen molar-refractivity contribution in [3.63, 3.8) is 0 Å². The highest BCUT2D eigenvalue weighted by Crippen LogP contribution is 2.28. The first-order valence-electron chi connectivity index (χ1n) is 10.5. The van der Waals surface area contributed by atoms with Crippen molar-refractivity contribution in [1.82, 2.24) is 5.32 Å². The number of rotatable bonds is 6. The molecule has 2 saturated heterocycles. The summed E-state index contributed by atoms with van der Waals surface area (Å²) in [6.45, 7) is 3.11. The van der Waals surface area contributed by atoms with E-state index in [1.54, 1.807) is 30.3 Å². The molecule has 0 radical (unpaired) electrons. The summed E-state index contributed by atoms with van der Waals surface area (Å²) in [4.78, 5) is 27.8. The fraction of sp³-hybridized carbons (Fsp3) is 0.391. The Morgan fingerprint density at radius 1 is 1.07 bits per heavy atom. The fourth-order valence-corrected chi connectivity index (χ4v) is 4.16. The molecule has 1 atom stereocenters. The van der Waals surface area contributed by atoms with Crippen molar-refractivity contribution in [3.8, 4) is 0 Å². The zero-order valence-corrected chi connectivity index (χ0v) is 17.6. The summed E-state index contributed by atoms with van der Waals surface area (Å²) in [6, 6.07) is 12.3. The number of nitrogens with one attached hydrogen (secondary N) is 2. The third kappa shape index (κ3) is 4.94. The maximum Gasteiger partial charge on any atom is 0.255 e. The first-order chi connectivity index (χ1) is 14.6. The molecule has 0 spiro atoms. The summed E-state index contributed by atoms with van der Waals surface area (Å²) in [7, 11) is 0. The first kappa shape index (κ1) is 20.7. The Morgan fingerprint density at radius 3 is 2.63 bits per heavy atom. The first-order valence-corrected chi connectivity index (χ1v) is 10.8. The SMILES string of the molecule is O=C(Nc1ccc(N2CCCC2)c(C(=O)NCC2CCCO2)c1)c1cccc(Cl)c1. The van der Waals surface area contributed by atoms with Crippen molar-refractivity contribution in [1.29, 1.82) is 0 Å². The Kier molecular flexibility index (Phi) is 6.55. The molecule has 30 heavy (non-hydrogen) atoms. The van der Waals surface area contributed by atoms with Gasteiger partial charge in [-0.3, -0.25) is 9.59 Å². The second-order valence-electron chi connectivity index (χ2n) is 7.74. The molecule has 2 fully saturated rings. The molecule has 2 aliphatic rings. The molecule has 2 heterocycles. The van der Waals surface area contributed by atoms with Crippen LogP contribution >= 0.6 is 11.6 Å². The molecule has 6 nitrogen and oxygen atoms in total. The highest BCUT2D eigenvalue weighted by atomic mass is 35.5. The number of carbonyl (C=O) groups excluding carboxylic acids is 2. The highest BCUT2D eigenvalue weighted by molar-refractivity contribution is 6.31. The van der Waals surface area contributed by atoms with E-state index in [4.69, 9.17) is 16.3 Å². The zero-order valence-electron chi connectivity index (χ0n) is 16.8. The van der Waals surface area contributed by atoms with Gasteiger partial charge in [-0.15, -0.1) is 0 Å². The smallest absolute Gasteiger partial charge is 0.255 e. The molecule has 0 saturated carbocycles. The standard InChI is InChI=1S/C23H26ClN3O3/c24-17-6-3-5-16(13-17)22(28)26-18-8-9-21(27-10-1-2-11-27)20(14-18)23(29)25-15-19-7-4-12-30-19/h3,5-6,8-9,13-14,19H,1-2,4,7,10-12,15H2,(H,25,29)(H,26,28). The van der Waals surface area contributed by atoms with E-state index >= 15 is 0 Å². The number of hydrogen-bond donors (Lipinski definition) is 2. The molecule has 0 aromatic heterocycles. The number of anilines is 2. The predicted molar refractivity (Wildman–Crippen MR) is 119 cm³/mol. The van der Waals surface area contributed by atoms with E-state index < -0.39 is 0 Å². The van der Waals surface area contributed by atoms with E-state index in [-0.39, 0.29) is 17.9 Å². The van der Waals surface area contributed by atoms with Crippen LogP contribution < -0.4 is 15.5 Å². The Bertz CT molecular complexity index is 922.